The van der Waals surface area contributed by atoms with E-state index < -0.39 is 11.6 Å². The first-order chi connectivity index (χ1) is 11.1. The van der Waals surface area contributed by atoms with Crippen molar-refractivity contribution in [3.8, 4) is 6.07 Å². The highest BCUT2D eigenvalue weighted by atomic mass is 19.1. The molecular weight excluding hydrogens is 304 g/mol. The van der Waals surface area contributed by atoms with E-state index >= 15 is 0 Å². The summed E-state index contributed by atoms with van der Waals surface area (Å²) in [4.78, 5) is 7.90. The molecule has 6 nitrogen and oxygen atoms in total. The molecule has 0 spiro atoms. The van der Waals surface area contributed by atoms with Crippen molar-refractivity contribution in [1.82, 2.24) is 15.0 Å². The number of aromatic nitrogens is 2. The average molecular weight is 319 g/mol. The Labute approximate surface area is 131 Å². The van der Waals surface area contributed by atoms with Gasteiger partial charge in [-0.3, -0.25) is 4.90 Å². The summed E-state index contributed by atoms with van der Waals surface area (Å²) in [7, 11) is 0. The van der Waals surface area contributed by atoms with Crippen molar-refractivity contribution < 1.29 is 13.3 Å². The number of benzene rings is 1. The SMILES string of the molecule is Cc1nc(CN2CCN(c3c(F)cc(C#N)cc3F)CC2)no1. The molecule has 1 saturated heterocycles. The summed E-state index contributed by atoms with van der Waals surface area (Å²) >= 11 is 0. The van der Waals surface area contributed by atoms with Gasteiger partial charge in [-0.2, -0.15) is 10.2 Å². The Morgan fingerprint density at radius 1 is 1.22 bits per heavy atom. The third kappa shape index (κ3) is 3.29. The topological polar surface area (TPSA) is 69.2 Å². The van der Waals surface area contributed by atoms with Gasteiger partial charge in [-0.1, -0.05) is 5.16 Å². The van der Waals surface area contributed by atoms with Gasteiger partial charge >= 0.3 is 0 Å². The Morgan fingerprint density at radius 3 is 2.39 bits per heavy atom. The second-order valence-electron chi connectivity index (χ2n) is 5.39. The van der Waals surface area contributed by atoms with Crippen molar-refractivity contribution in [2.24, 2.45) is 0 Å². The predicted octanol–water partition coefficient (Wildman–Crippen LogP) is 1.85. The number of aryl methyl sites for hydroxylation is 1. The van der Waals surface area contributed by atoms with Crippen LogP contribution in [0.15, 0.2) is 16.7 Å². The molecule has 0 atom stereocenters. The minimum atomic E-state index is -0.705. The van der Waals surface area contributed by atoms with Crippen LogP contribution in [-0.4, -0.2) is 41.2 Å². The molecule has 1 aliphatic heterocycles. The average Bonchev–Trinajstić information content (AvgIpc) is 2.93. The zero-order valence-electron chi connectivity index (χ0n) is 12.6. The lowest BCUT2D eigenvalue weighted by molar-refractivity contribution is 0.239. The van der Waals surface area contributed by atoms with Crippen molar-refractivity contribution in [2.45, 2.75) is 13.5 Å². The molecule has 1 aliphatic rings. The van der Waals surface area contributed by atoms with Gasteiger partial charge in [-0.25, -0.2) is 8.78 Å². The quantitative estimate of drug-likeness (QED) is 0.860. The molecule has 0 amide bonds. The Hall–Kier alpha value is -2.53. The number of hydrogen-bond donors (Lipinski definition) is 0. The third-order valence-corrected chi connectivity index (χ3v) is 3.77. The maximum absolute atomic E-state index is 14.1. The highest BCUT2D eigenvalue weighted by Gasteiger charge is 2.23. The number of halogens is 2. The van der Waals surface area contributed by atoms with E-state index in [9.17, 15) is 8.78 Å². The zero-order valence-corrected chi connectivity index (χ0v) is 12.6. The largest absolute Gasteiger partial charge is 0.364 e. The number of nitrogens with zero attached hydrogens (tertiary/aromatic N) is 5. The predicted molar refractivity (Wildman–Crippen MR) is 77.6 cm³/mol. The van der Waals surface area contributed by atoms with E-state index in [0.29, 0.717) is 44.4 Å². The lowest BCUT2D eigenvalue weighted by atomic mass is 10.1. The van der Waals surface area contributed by atoms with Crippen molar-refractivity contribution in [3.05, 3.63) is 41.0 Å². The summed E-state index contributed by atoms with van der Waals surface area (Å²) in [6, 6.07) is 3.87. The molecule has 0 unspecified atom stereocenters. The fraction of sp³-hybridized carbons (Fsp3) is 0.400. The molecule has 2 aromatic rings. The molecule has 120 valence electrons. The summed E-state index contributed by atoms with van der Waals surface area (Å²) in [6.45, 7) is 4.50. The third-order valence-electron chi connectivity index (χ3n) is 3.77. The van der Waals surface area contributed by atoms with Gasteiger partial charge in [-0.05, 0) is 12.1 Å². The molecule has 23 heavy (non-hydrogen) atoms. The molecule has 3 rings (SSSR count). The van der Waals surface area contributed by atoms with Crippen LogP contribution in [0.2, 0.25) is 0 Å². The van der Waals surface area contributed by atoms with Crippen molar-refractivity contribution >= 4 is 5.69 Å². The van der Waals surface area contributed by atoms with Gasteiger partial charge < -0.3 is 9.42 Å². The van der Waals surface area contributed by atoms with Crippen LogP contribution in [0.1, 0.15) is 17.3 Å². The first-order valence-electron chi connectivity index (χ1n) is 7.22. The molecule has 0 N–H and O–H groups in total. The minimum Gasteiger partial charge on any atom is -0.364 e. The van der Waals surface area contributed by atoms with Gasteiger partial charge in [0.1, 0.15) is 5.69 Å². The lowest BCUT2D eigenvalue weighted by Gasteiger charge is -2.35. The molecule has 1 fully saturated rings. The summed E-state index contributed by atoms with van der Waals surface area (Å²) in [5.74, 6) is -0.292. The lowest BCUT2D eigenvalue weighted by Crippen LogP contribution is -2.46. The van der Waals surface area contributed by atoms with Gasteiger partial charge in [0.25, 0.3) is 0 Å². The Balaban J connectivity index is 1.66. The second kappa shape index (κ2) is 6.30. The van der Waals surface area contributed by atoms with E-state index in [2.05, 4.69) is 15.0 Å². The van der Waals surface area contributed by atoms with Crippen LogP contribution in [0.3, 0.4) is 0 Å². The summed E-state index contributed by atoms with van der Waals surface area (Å²) < 4.78 is 33.0. The second-order valence-corrected chi connectivity index (χ2v) is 5.39. The van der Waals surface area contributed by atoms with Crippen LogP contribution in [-0.2, 0) is 6.54 Å². The number of rotatable bonds is 3. The maximum atomic E-state index is 14.1. The fourth-order valence-corrected chi connectivity index (χ4v) is 2.67. The van der Waals surface area contributed by atoms with Crippen molar-refractivity contribution in [1.29, 1.82) is 5.26 Å². The van der Waals surface area contributed by atoms with E-state index in [4.69, 9.17) is 9.78 Å². The molecule has 0 radical (unpaired) electrons. The summed E-state index contributed by atoms with van der Waals surface area (Å²) in [5.41, 5.74) is -0.0890. The van der Waals surface area contributed by atoms with Gasteiger partial charge in [0, 0.05) is 33.1 Å². The number of nitriles is 1. The van der Waals surface area contributed by atoms with Crippen LogP contribution in [0.25, 0.3) is 0 Å². The monoisotopic (exact) mass is 319 g/mol. The number of anilines is 1. The van der Waals surface area contributed by atoms with Gasteiger partial charge in [-0.15, -0.1) is 0 Å². The minimum absolute atomic E-state index is 0.0186. The van der Waals surface area contributed by atoms with E-state index in [-0.39, 0.29) is 11.3 Å². The highest BCUT2D eigenvalue weighted by Crippen LogP contribution is 2.26. The maximum Gasteiger partial charge on any atom is 0.223 e. The van der Waals surface area contributed by atoms with Crippen LogP contribution >= 0.6 is 0 Å². The van der Waals surface area contributed by atoms with Crippen molar-refractivity contribution in [3.63, 3.8) is 0 Å². The standard InChI is InChI=1S/C15H15F2N5O/c1-10-19-14(20-23-10)9-21-2-4-22(5-3-21)15-12(16)6-11(8-18)7-13(15)17/h6-7H,2-5,9H2,1H3. The first kappa shape index (κ1) is 15.4. The molecule has 0 aliphatic carbocycles. The normalized spacial score (nSPS) is 15.7. The van der Waals surface area contributed by atoms with Crippen LogP contribution in [0, 0.1) is 29.9 Å². The summed E-state index contributed by atoms with van der Waals surface area (Å²) in [6.07, 6.45) is 0. The zero-order chi connectivity index (χ0) is 16.4. The fourth-order valence-electron chi connectivity index (χ4n) is 2.67. The van der Waals surface area contributed by atoms with Crippen LogP contribution in [0.5, 0.6) is 0 Å². The van der Waals surface area contributed by atoms with E-state index in [1.807, 2.05) is 0 Å². The van der Waals surface area contributed by atoms with E-state index in [0.717, 1.165) is 12.1 Å². The Bertz CT molecular complexity index is 724. The van der Waals surface area contributed by atoms with Gasteiger partial charge in [0.15, 0.2) is 17.5 Å². The summed E-state index contributed by atoms with van der Waals surface area (Å²) in [5, 5.41) is 12.6. The molecule has 1 aromatic heterocycles. The molecule has 8 heteroatoms. The number of piperazine rings is 1. The Morgan fingerprint density at radius 2 is 1.87 bits per heavy atom. The molecular formula is C15H15F2N5O. The van der Waals surface area contributed by atoms with E-state index in [1.165, 1.54) is 0 Å². The van der Waals surface area contributed by atoms with E-state index in [1.54, 1.807) is 17.9 Å². The smallest absolute Gasteiger partial charge is 0.223 e. The number of hydrogen-bond acceptors (Lipinski definition) is 6. The Kier molecular flexibility index (Phi) is 4.21. The van der Waals surface area contributed by atoms with Gasteiger partial charge in [0.05, 0.1) is 18.2 Å². The first-order valence-corrected chi connectivity index (χ1v) is 7.22. The molecule has 0 bridgehead atoms. The van der Waals surface area contributed by atoms with Crippen LogP contribution in [0.4, 0.5) is 14.5 Å². The molecule has 2 heterocycles. The highest BCUT2D eigenvalue weighted by molar-refractivity contribution is 5.53. The van der Waals surface area contributed by atoms with Crippen LogP contribution < -0.4 is 4.90 Å². The van der Waals surface area contributed by atoms with Crippen molar-refractivity contribution in [2.75, 3.05) is 31.1 Å². The molecule has 1 aromatic carbocycles. The molecule has 0 saturated carbocycles. The van der Waals surface area contributed by atoms with Gasteiger partial charge in [0.2, 0.25) is 5.89 Å².